The molecule has 0 bridgehead atoms. The van der Waals surface area contributed by atoms with Gasteiger partial charge in [0, 0.05) is 12.1 Å². The number of piperidine rings is 1. The zero-order chi connectivity index (χ0) is 9.52. The molecule has 1 fully saturated rings. The topological polar surface area (TPSA) is 21.3 Å². The number of rotatable bonds is 4. The van der Waals surface area contributed by atoms with Gasteiger partial charge in [0.1, 0.15) is 0 Å². The molecule has 0 saturated carbocycles. The Balaban J connectivity index is 2.04. The molecule has 1 aliphatic rings. The van der Waals surface area contributed by atoms with Crippen molar-refractivity contribution in [1.29, 1.82) is 0 Å². The standard InChI is InChI=1S/C9H15Cl2NO/c10-4-9(11)7-13-6-8-2-1-3-12-5-8/h4,8,12H,1-3,5-7H2. The Bertz CT molecular complexity index is 167. The van der Waals surface area contributed by atoms with Crippen LogP contribution < -0.4 is 5.32 Å². The third-order valence-corrected chi connectivity index (χ3v) is 2.70. The molecule has 1 atom stereocenters. The molecule has 0 aromatic rings. The first-order chi connectivity index (χ1) is 6.33. The molecule has 1 saturated heterocycles. The molecule has 1 rings (SSSR count). The lowest BCUT2D eigenvalue weighted by Gasteiger charge is -2.22. The molecule has 13 heavy (non-hydrogen) atoms. The van der Waals surface area contributed by atoms with Crippen molar-refractivity contribution in [3.63, 3.8) is 0 Å². The van der Waals surface area contributed by atoms with Crippen molar-refractivity contribution in [1.82, 2.24) is 5.32 Å². The van der Waals surface area contributed by atoms with Gasteiger partial charge in [-0.25, -0.2) is 0 Å². The van der Waals surface area contributed by atoms with E-state index in [-0.39, 0.29) is 0 Å². The maximum atomic E-state index is 5.67. The van der Waals surface area contributed by atoms with E-state index in [2.05, 4.69) is 5.32 Å². The van der Waals surface area contributed by atoms with Crippen LogP contribution in [0.1, 0.15) is 12.8 Å². The lowest BCUT2D eigenvalue weighted by molar-refractivity contribution is 0.109. The highest BCUT2D eigenvalue weighted by atomic mass is 35.5. The van der Waals surface area contributed by atoms with Gasteiger partial charge in [0.25, 0.3) is 0 Å². The minimum atomic E-state index is 0.432. The molecule has 76 valence electrons. The summed E-state index contributed by atoms with van der Waals surface area (Å²) in [6, 6.07) is 0. The largest absolute Gasteiger partial charge is 0.375 e. The Morgan fingerprint density at radius 1 is 1.62 bits per heavy atom. The van der Waals surface area contributed by atoms with E-state index in [0.717, 1.165) is 19.7 Å². The van der Waals surface area contributed by atoms with Gasteiger partial charge in [-0.1, -0.05) is 23.2 Å². The van der Waals surface area contributed by atoms with E-state index in [9.17, 15) is 0 Å². The van der Waals surface area contributed by atoms with Crippen molar-refractivity contribution in [3.05, 3.63) is 10.6 Å². The van der Waals surface area contributed by atoms with Crippen LogP contribution in [0.5, 0.6) is 0 Å². The molecule has 4 heteroatoms. The first-order valence-electron chi connectivity index (χ1n) is 4.56. The average molecular weight is 224 g/mol. The normalized spacial score (nSPS) is 24.8. The van der Waals surface area contributed by atoms with Crippen molar-refractivity contribution >= 4 is 23.2 Å². The summed E-state index contributed by atoms with van der Waals surface area (Å²) >= 11 is 11.1. The fourth-order valence-electron chi connectivity index (χ4n) is 1.42. The van der Waals surface area contributed by atoms with Gasteiger partial charge < -0.3 is 10.1 Å². The highest BCUT2D eigenvalue weighted by molar-refractivity contribution is 6.36. The van der Waals surface area contributed by atoms with Gasteiger partial charge in [0.2, 0.25) is 0 Å². The van der Waals surface area contributed by atoms with Crippen LogP contribution in [-0.2, 0) is 4.74 Å². The molecule has 0 aromatic heterocycles. The smallest absolute Gasteiger partial charge is 0.0832 e. The second-order valence-corrected chi connectivity index (χ2v) is 3.99. The quantitative estimate of drug-likeness (QED) is 0.791. The molecule has 0 spiro atoms. The number of halogens is 2. The SMILES string of the molecule is ClC=C(Cl)COCC1CCCNC1. The highest BCUT2D eigenvalue weighted by Gasteiger charge is 2.12. The molecule has 0 radical (unpaired) electrons. The molecule has 1 unspecified atom stereocenters. The Labute approximate surface area is 89.2 Å². The lowest BCUT2D eigenvalue weighted by Crippen LogP contribution is -2.32. The van der Waals surface area contributed by atoms with E-state index in [1.165, 1.54) is 18.4 Å². The summed E-state index contributed by atoms with van der Waals surface area (Å²) in [7, 11) is 0. The third kappa shape index (κ3) is 4.87. The Morgan fingerprint density at radius 2 is 2.46 bits per heavy atom. The second-order valence-electron chi connectivity index (χ2n) is 3.28. The first kappa shape index (κ1) is 11.3. The summed E-state index contributed by atoms with van der Waals surface area (Å²) in [5.74, 6) is 0.633. The van der Waals surface area contributed by atoms with Crippen LogP contribution in [0.25, 0.3) is 0 Å². The van der Waals surface area contributed by atoms with Crippen LogP contribution in [0.3, 0.4) is 0 Å². The van der Waals surface area contributed by atoms with Gasteiger partial charge in [0.05, 0.1) is 18.2 Å². The van der Waals surface area contributed by atoms with Crippen molar-refractivity contribution < 1.29 is 4.74 Å². The Kier molecular flexibility index (Phi) is 5.80. The van der Waals surface area contributed by atoms with Gasteiger partial charge in [-0.2, -0.15) is 0 Å². The van der Waals surface area contributed by atoms with Crippen molar-refractivity contribution in [2.45, 2.75) is 12.8 Å². The van der Waals surface area contributed by atoms with Crippen LogP contribution in [-0.4, -0.2) is 26.3 Å². The highest BCUT2D eigenvalue weighted by Crippen LogP contribution is 2.11. The van der Waals surface area contributed by atoms with Crippen LogP contribution in [0.4, 0.5) is 0 Å². The molecule has 1 heterocycles. The van der Waals surface area contributed by atoms with Crippen molar-refractivity contribution in [3.8, 4) is 0 Å². The predicted molar refractivity (Wildman–Crippen MR) is 56.2 cm³/mol. The number of hydrogen-bond acceptors (Lipinski definition) is 2. The zero-order valence-corrected chi connectivity index (χ0v) is 9.07. The summed E-state index contributed by atoms with van der Waals surface area (Å²) < 4.78 is 5.40. The Hall–Kier alpha value is 0.240. The minimum absolute atomic E-state index is 0.432. The maximum absolute atomic E-state index is 5.67. The molecular formula is C9H15Cl2NO. The summed E-state index contributed by atoms with van der Waals surface area (Å²) in [6.45, 7) is 3.40. The minimum Gasteiger partial charge on any atom is -0.375 e. The van der Waals surface area contributed by atoms with E-state index in [1.807, 2.05) is 0 Å². The molecule has 1 N–H and O–H groups in total. The van der Waals surface area contributed by atoms with Crippen molar-refractivity contribution in [2.75, 3.05) is 26.3 Å². The molecule has 0 amide bonds. The summed E-state index contributed by atoms with van der Waals surface area (Å²) in [5, 5.41) is 3.89. The average Bonchev–Trinajstić information content (AvgIpc) is 2.19. The molecular weight excluding hydrogens is 209 g/mol. The molecule has 0 aromatic carbocycles. The third-order valence-electron chi connectivity index (χ3n) is 2.11. The maximum Gasteiger partial charge on any atom is 0.0832 e. The van der Waals surface area contributed by atoms with Gasteiger partial charge in [0.15, 0.2) is 0 Å². The van der Waals surface area contributed by atoms with E-state index < -0.39 is 0 Å². The summed E-state index contributed by atoms with van der Waals surface area (Å²) in [5.41, 5.74) is 1.35. The lowest BCUT2D eigenvalue weighted by atomic mass is 10.0. The number of ether oxygens (including phenoxy) is 1. The molecule has 1 aliphatic heterocycles. The van der Waals surface area contributed by atoms with Gasteiger partial charge in [-0.3, -0.25) is 0 Å². The van der Waals surface area contributed by atoms with Crippen LogP contribution in [0.2, 0.25) is 0 Å². The van der Waals surface area contributed by atoms with E-state index in [4.69, 9.17) is 27.9 Å². The molecule has 0 aliphatic carbocycles. The fourth-order valence-corrected chi connectivity index (χ4v) is 1.56. The van der Waals surface area contributed by atoms with Gasteiger partial charge in [-0.15, -0.1) is 0 Å². The summed E-state index contributed by atoms with van der Waals surface area (Å²) in [4.78, 5) is 0. The van der Waals surface area contributed by atoms with E-state index >= 15 is 0 Å². The van der Waals surface area contributed by atoms with Crippen LogP contribution in [0.15, 0.2) is 10.6 Å². The predicted octanol–water partition coefficient (Wildman–Crippen LogP) is 2.32. The van der Waals surface area contributed by atoms with Gasteiger partial charge in [-0.05, 0) is 25.3 Å². The number of nitrogens with one attached hydrogen (secondary N) is 1. The first-order valence-corrected chi connectivity index (χ1v) is 5.37. The van der Waals surface area contributed by atoms with Crippen LogP contribution in [0, 0.1) is 5.92 Å². The monoisotopic (exact) mass is 223 g/mol. The second kappa shape index (κ2) is 6.66. The van der Waals surface area contributed by atoms with E-state index in [0.29, 0.717) is 17.6 Å². The van der Waals surface area contributed by atoms with Crippen molar-refractivity contribution in [2.24, 2.45) is 5.92 Å². The van der Waals surface area contributed by atoms with Gasteiger partial charge >= 0.3 is 0 Å². The van der Waals surface area contributed by atoms with Crippen LogP contribution >= 0.6 is 23.2 Å². The molecule has 2 nitrogen and oxygen atoms in total. The summed E-state index contributed by atoms with van der Waals surface area (Å²) in [6.07, 6.45) is 2.49. The number of hydrogen-bond donors (Lipinski definition) is 1. The Morgan fingerprint density at radius 3 is 3.08 bits per heavy atom. The zero-order valence-electron chi connectivity index (χ0n) is 7.56. The fraction of sp³-hybridized carbons (Fsp3) is 0.778. The van der Waals surface area contributed by atoms with E-state index in [1.54, 1.807) is 0 Å².